The number of hydrogen-bond acceptors (Lipinski definition) is 9. The van der Waals surface area contributed by atoms with Crippen molar-refractivity contribution in [2.75, 3.05) is 35.6 Å². The summed E-state index contributed by atoms with van der Waals surface area (Å²) in [6.07, 6.45) is 5.56. The highest BCUT2D eigenvalue weighted by molar-refractivity contribution is 7.89. The van der Waals surface area contributed by atoms with Gasteiger partial charge < -0.3 is 15.0 Å². The molecule has 5 rings (SSSR count). The molecule has 14 nitrogen and oxygen atoms in total. The lowest BCUT2D eigenvalue weighted by atomic mass is 10.1. The number of sulfonamides is 1. The van der Waals surface area contributed by atoms with Gasteiger partial charge in [0, 0.05) is 37.6 Å². The Morgan fingerprint density at radius 2 is 2.02 bits per heavy atom. The third-order valence-electron chi connectivity index (χ3n) is 6.34. The Morgan fingerprint density at radius 3 is 2.78 bits per heavy atom. The number of nitrogens with one attached hydrogen (secondary N) is 3. The van der Waals surface area contributed by atoms with Crippen LogP contribution in [0.15, 0.2) is 37.1 Å². The number of ether oxygens (including phenoxy) is 1. The first-order chi connectivity index (χ1) is 19.3. The van der Waals surface area contributed by atoms with Crippen LogP contribution in [0.4, 0.5) is 16.4 Å². The summed E-state index contributed by atoms with van der Waals surface area (Å²) in [4.78, 5) is 36.8. The van der Waals surface area contributed by atoms with E-state index in [-0.39, 0.29) is 35.9 Å². The molecule has 0 radical (unpaired) electrons. The number of hydrogen-bond donors (Lipinski definition) is 3. The molecule has 4 aromatic rings. The summed E-state index contributed by atoms with van der Waals surface area (Å²) < 4.78 is 35.5. The maximum atomic E-state index is 13.8. The summed E-state index contributed by atoms with van der Waals surface area (Å²) in [7, 11) is -3.41. The van der Waals surface area contributed by atoms with Crippen molar-refractivity contribution < 1.29 is 22.7 Å². The van der Waals surface area contributed by atoms with Gasteiger partial charge in [0.25, 0.3) is 5.91 Å². The number of amides is 2. The van der Waals surface area contributed by atoms with Crippen LogP contribution < -0.4 is 20.3 Å². The minimum atomic E-state index is -3.41. The van der Waals surface area contributed by atoms with Crippen LogP contribution in [-0.4, -0.2) is 75.4 Å². The molecule has 0 saturated carbocycles. The number of nitrogens with zero attached hydrogens (tertiary/aromatic N) is 6. The molecule has 1 saturated heterocycles. The first-order valence-corrected chi connectivity index (χ1v) is 14.9. The lowest BCUT2D eigenvalue weighted by molar-refractivity contribution is 0.0635. The van der Waals surface area contributed by atoms with Crippen LogP contribution in [0, 0.1) is 0 Å². The van der Waals surface area contributed by atoms with Crippen molar-refractivity contribution in [3.63, 3.8) is 0 Å². The van der Waals surface area contributed by atoms with Crippen molar-refractivity contribution >= 4 is 56.4 Å². The number of imidazole rings is 1. The van der Waals surface area contributed by atoms with Gasteiger partial charge >= 0.3 is 6.09 Å². The maximum absolute atomic E-state index is 13.8. The van der Waals surface area contributed by atoms with Crippen LogP contribution in [0.25, 0.3) is 11.2 Å². The standard InChI is InChI=1S/C25H30ClN9O5S/c1-15(16-12-17(26)18-13-27-14-34(18)23(16)33-9-7-29-41(38,39)11-10-33)30-22(36)19-20(31-24(37)40-25(2,3)4)32-35-8-5-6-28-21(19)35/h5-6,8,12-15,29H,7,9-11H2,1-4H3,(H,30,36)(H,31,32,37). The molecular weight excluding hydrogens is 574 g/mol. The quantitative estimate of drug-likeness (QED) is 0.311. The zero-order chi connectivity index (χ0) is 29.5. The number of pyridine rings is 1. The van der Waals surface area contributed by atoms with Crippen LogP contribution >= 0.6 is 11.6 Å². The van der Waals surface area contributed by atoms with E-state index < -0.39 is 33.7 Å². The molecule has 1 atom stereocenters. The van der Waals surface area contributed by atoms with Gasteiger partial charge in [-0.2, -0.15) is 0 Å². The molecule has 1 unspecified atom stereocenters. The molecule has 41 heavy (non-hydrogen) atoms. The van der Waals surface area contributed by atoms with E-state index in [1.54, 1.807) is 62.9 Å². The molecule has 0 aromatic carbocycles. The highest BCUT2D eigenvalue weighted by Gasteiger charge is 2.29. The van der Waals surface area contributed by atoms with E-state index in [4.69, 9.17) is 16.3 Å². The Morgan fingerprint density at radius 1 is 1.24 bits per heavy atom. The number of rotatable bonds is 5. The SMILES string of the molecule is CC(NC(=O)c1c(NC(=O)OC(C)(C)C)nn2cccnc12)c1cc(Cl)c2cncn2c1N1CCNS(=O)(=O)CC1. The summed E-state index contributed by atoms with van der Waals surface area (Å²) in [6, 6.07) is 2.76. The van der Waals surface area contributed by atoms with Crippen molar-refractivity contribution in [2.45, 2.75) is 39.3 Å². The molecule has 16 heteroatoms. The van der Waals surface area contributed by atoms with Crippen LogP contribution in [0.1, 0.15) is 49.7 Å². The van der Waals surface area contributed by atoms with E-state index in [2.05, 4.69) is 30.4 Å². The van der Waals surface area contributed by atoms with Crippen molar-refractivity contribution in [2.24, 2.45) is 0 Å². The zero-order valence-corrected chi connectivity index (χ0v) is 24.5. The lowest BCUT2D eigenvalue weighted by Crippen LogP contribution is -2.34. The van der Waals surface area contributed by atoms with Crippen LogP contribution in [0.2, 0.25) is 5.02 Å². The minimum Gasteiger partial charge on any atom is -0.444 e. The average molecular weight is 604 g/mol. The summed E-state index contributed by atoms with van der Waals surface area (Å²) in [5, 5.41) is 10.3. The Bertz CT molecular complexity index is 1750. The smallest absolute Gasteiger partial charge is 0.413 e. The number of carbonyl (C=O) groups excluding carboxylic acids is 2. The van der Waals surface area contributed by atoms with Crippen molar-refractivity contribution in [3.05, 3.63) is 53.2 Å². The molecule has 1 aliphatic heterocycles. The Labute approximate surface area is 241 Å². The summed E-state index contributed by atoms with van der Waals surface area (Å²) in [5.41, 5.74) is 0.793. The van der Waals surface area contributed by atoms with Crippen molar-refractivity contribution in [1.82, 2.24) is 34.0 Å². The fourth-order valence-electron chi connectivity index (χ4n) is 4.60. The third-order valence-corrected chi connectivity index (χ3v) is 8.01. The van der Waals surface area contributed by atoms with E-state index in [1.807, 2.05) is 4.90 Å². The highest BCUT2D eigenvalue weighted by Crippen LogP contribution is 2.33. The number of fused-ring (bicyclic) bond motifs is 2. The largest absolute Gasteiger partial charge is 0.444 e. The lowest BCUT2D eigenvalue weighted by Gasteiger charge is -2.28. The van der Waals surface area contributed by atoms with Gasteiger partial charge in [-0.1, -0.05) is 11.6 Å². The topological polar surface area (TPSA) is 164 Å². The Hall–Kier alpha value is -3.95. The second-order valence-corrected chi connectivity index (χ2v) is 12.9. The molecule has 0 spiro atoms. The van der Waals surface area contributed by atoms with Gasteiger partial charge in [-0.25, -0.2) is 32.4 Å². The fourth-order valence-corrected chi connectivity index (χ4v) is 5.87. The van der Waals surface area contributed by atoms with Gasteiger partial charge in [-0.3, -0.25) is 14.5 Å². The number of aromatic nitrogens is 5. The third kappa shape index (κ3) is 6.06. The molecule has 3 N–H and O–H groups in total. The molecular formula is C25H30ClN9O5S. The molecule has 1 aliphatic rings. The van der Waals surface area contributed by atoms with Crippen molar-refractivity contribution in [1.29, 1.82) is 0 Å². The highest BCUT2D eigenvalue weighted by atomic mass is 35.5. The molecule has 4 aromatic heterocycles. The fraction of sp³-hybridized carbons (Fsp3) is 0.400. The minimum absolute atomic E-state index is 0.0187. The molecule has 1 fully saturated rings. The Kier molecular flexibility index (Phi) is 7.52. The summed E-state index contributed by atoms with van der Waals surface area (Å²) >= 11 is 6.60. The van der Waals surface area contributed by atoms with E-state index in [0.717, 1.165) is 0 Å². The van der Waals surface area contributed by atoms with Gasteiger partial charge in [0.1, 0.15) is 23.3 Å². The second kappa shape index (κ2) is 10.8. The van der Waals surface area contributed by atoms with Crippen LogP contribution in [0.5, 0.6) is 0 Å². The first-order valence-electron chi connectivity index (χ1n) is 12.8. The maximum Gasteiger partial charge on any atom is 0.413 e. The van der Waals surface area contributed by atoms with Crippen LogP contribution in [-0.2, 0) is 14.8 Å². The number of carbonyl (C=O) groups is 2. The molecule has 5 heterocycles. The van der Waals surface area contributed by atoms with E-state index in [0.29, 0.717) is 28.5 Å². The predicted octanol–water partition coefficient (Wildman–Crippen LogP) is 2.61. The zero-order valence-electron chi connectivity index (χ0n) is 22.9. The number of anilines is 2. The second-order valence-electron chi connectivity index (χ2n) is 10.6. The van der Waals surface area contributed by atoms with Crippen molar-refractivity contribution in [3.8, 4) is 0 Å². The Balaban J connectivity index is 1.51. The van der Waals surface area contributed by atoms with E-state index in [9.17, 15) is 18.0 Å². The van der Waals surface area contributed by atoms with Gasteiger partial charge in [0.05, 0.1) is 28.5 Å². The summed E-state index contributed by atoms with van der Waals surface area (Å²) in [5.74, 6) is -0.0154. The average Bonchev–Trinajstić information content (AvgIpc) is 3.45. The normalized spacial score (nSPS) is 16.4. The van der Waals surface area contributed by atoms with Gasteiger partial charge in [-0.05, 0) is 39.8 Å². The van der Waals surface area contributed by atoms with Gasteiger partial charge in [0.2, 0.25) is 10.0 Å². The van der Waals surface area contributed by atoms with E-state index in [1.165, 1.54) is 10.7 Å². The van der Waals surface area contributed by atoms with E-state index >= 15 is 0 Å². The molecule has 0 aliphatic carbocycles. The molecule has 0 bridgehead atoms. The molecule has 2 amide bonds. The monoisotopic (exact) mass is 603 g/mol. The molecule has 218 valence electrons. The first kappa shape index (κ1) is 28.6. The number of halogens is 1. The van der Waals surface area contributed by atoms with Crippen LogP contribution in [0.3, 0.4) is 0 Å². The summed E-state index contributed by atoms with van der Waals surface area (Å²) in [6.45, 7) is 7.79. The van der Waals surface area contributed by atoms with Gasteiger partial charge in [0.15, 0.2) is 11.5 Å². The van der Waals surface area contributed by atoms with Gasteiger partial charge in [-0.15, -0.1) is 5.10 Å². The predicted molar refractivity (Wildman–Crippen MR) is 153 cm³/mol.